The van der Waals surface area contributed by atoms with E-state index in [2.05, 4.69) is 0 Å². The summed E-state index contributed by atoms with van der Waals surface area (Å²) in [6.45, 7) is 0.564. The van der Waals surface area contributed by atoms with Crippen molar-refractivity contribution in [3.05, 3.63) is 51.2 Å². The fourth-order valence-corrected chi connectivity index (χ4v) is 2.49. The third-order valence-corrected chi connectivity index (χ3v) is 3.69. The van der Waals surface area contributed by atoms with E-state index in [0.29, 0.717) is 22.8 Å². The lowest BCUT2D eigenvalue weighted by Gasteiger charge is -2.17. The molecule has 18 heavy (non-hydrogen) atoms. The first kappa shape index (κ1) is 12.9. The van der Waals surface area contributed by atoms with Crippen LogP contribution in [0.2, 0.25) is 5.02 Å². The third kappa shape index (κ3) is 2.66. The van der Waals surface area contributed by atoms with E-state index in [4.69, 9.17) is 17.3 Å². The van der Waals surface area contributed by atoms with Gasteiger partial charge in [-0.1, -0.05) is 17.7 Å². The maximum atomic E-state index is 12.2. The number of amides is 1. The van der Waals surface area contributed by atoms with Crippen LogP contribution in [0.4, 0.5) is 5.69 Å². The highest BCUT2D eigenvalue weighted by molar-refractivity contribution is 7.07. The Hall–Kier alpha value is -1.52. The molecule has 2 N–H and O–H groups in total. The molecule has 0 bridgehead atoms. The molecule has 2 aromatic rings. The molecule has 1 aromatic carbocycles. The molecule has 0 aliphatic heterocycles. The number of hydrogen-bond acceptors (Lipinski definition) is 3. The van der Waals surface area contributed by atoms with Gasteiger partial charge in [0.15, 0.2) is 0 Å². The van der Waals surface area contributed by atoms with Gasteiger partial charge in [0, 0.05) is 13.6 Å². The Morgan fingerprint density at radius 2 is 2.22 bits per heavy atom. The number of carbonyl (C=O) groups excluding carboxylic acids is 1. The summed E-state index contributed by atoms with van der Waals surface area (Å²) in [5.74, 6) is -0.124. The van der Waals surface area contributed by atoms with Gasteiger partial charge in [-0.3, -0.25) is 4.79 Å². The van der Waals surface area contributed by atoms with Gasteiger partial charge in [-0.2, -0.15) is 11.3 Å². The number of nitrogens with two attached hydrogens (primary N) is 1. The van der Waals surface area contributed by atoms with E-state index in [0.717, 1.165) is 5.56 Å². The van der Waals surface area contributed by atoms with Crippen LogP contribution in [-0.4, -0.2) is 17.9 Å². The van der Waals surface area contributed by atoms with Crippen molar-refractivity contribution >= 4 is 34.5 Å². The highest BCUT2D eigenvalue weighted by atomic mass is 35.5. The second kappa shape index (κ2) is 5.42. The van der Waals surface area contributed by atoms with E-state index in [1.54, 1.807) is 41.5 Å². The molecule has 0 aliphatic rings. The number of benzene rings is 1. The second-order valence-corrected chi connectivity index (χ2v) is 5.18. The summed E-state index contributed by atoms with van der Waals surface area (Å²) in [7, 11) is 1.75. The molecule has 3 nitrogen and oxygen atoms in total. The molecule has 94 valence electrons. The minimum Gasteiger partial charge on any atom is -0.397 e. The minimum absolute atomic E-state index is 0.124. The van der Waals surface area contributed by atoms with E-state index in [1.165, 1.54) is 0 Å². The van der Waals surface area contributed by atoms with Gasteiger partial charge >= 0.3 is 0 Å². The number of thiophene rings is 1. The first-order chi connectivity index (χ1) is 8.59. The number of para-hydroxylation sites is 1. The molecular weight excluding hydrogens is 268 g/mol. The van der Waals surface area contributed by atoms with Crippen LogP contribution in [0.3, 0.4) is 0 Å². The van der Waals surface area contributed by atoms with Crippen LogP contribution < -0.4 is 5.73 Å². The number of hydrogen-bond donors (Lipinski definition) is 1. The van der Waals surface area contributed by atoms with Crippen LogP contribution in [-0.2, 0) is 6.54 Å². The number of carbonyl (C=O) groups is 1. The lowest BCUT2D eigenvalue weighted by Crippen LogP contribution is -2.26. The average Bonchev–Trinajstić information content (AvgIpc) is 2.84. The van der Waals surface area contributed by atoms with Gasteiger partial charge < -0.3 is 10.6 Å². The molecule has 1 aromatic heterocycles. The van der Waals surface area contributed by atoms with E-state index >= 15 is 0 Å². The molecule has 0 saturated carbocycles. The SMILES string of the molecule is CN(Cc1ccsc1)C(=O)c1cccc(Cl)c1N. The normalized spacial score (nSPS) is 10.3. The molecule has 0 spiro atoms. The van der Waals surface area contributed by atoms with Crippen molar-refractivity contribution in [3.8, 4) is 0 Å². The quantitative estimate of drug-likeness (QED) is 0.877. The number of halogens is 1. The fourth-order valence-electron chi connectivity index (χ4n) is 1.66. The summed E-state index contributed by atoms with van der Waals surface area (Å²) >= 11 is 7.52. The molecule has 1 heterocycles. The van der Waals surface area contributed by atoms with Crippen LogP contribution in [0, 0.1) is 0 Å². The van der Waals surface area contributed by atoms with Gasteiger partial charge in [0.25, 0.3) is 5.91 Å². The summed E-state index contributed by atoms with van der Waals surface area (Å²) in [4.78, 5) is 13.9. The number of anilines is 1. The number of rotatable bonds is 3. The predicted molar refractivity (Wildman–Crippen MR) is 76.0 cm³/mol. The standard InChI is InChI=1S/C13H13ClN2OS/c1-16(7-9-5-6-18-8-9)13(17)10-3-2-4-11(14)12(10)15/h2-6,8H,7,15H2,1H3. The molecular formula is C13H13ClN2OS. The van der Waals surface area contributed by atoms with E-state index in [1.807, 2.05) is 16.8 Å². The van der Waals surface area contributed by atoms with Crippen LogP contribution in [0.5, 0.6) is 0 Å². The van der Waals surface area contributed by atoms with Crippen LogP contribution in [0.25, 0.3) is 0 Å². The molecule has 5 heteroatoms. The van der Waals surface area contributed by atoms with Crippen molar-refractivity contribution in [3.63, 3.8) is 0 Å². The zero-order valence-corrected chi connectivity index (χ0v) is 11.5. The van der Waals surface area contributed by atoms with E-state index in [-0.39, 0.29) is 5.91 Å². The van der Waals surface area contributed by atoms with Crippen molar-refractivity contribution in [2.24, 2.45) is 0 Å². The van der Waals surface area contributed by atoms with Gasteiger partial charge in [0.2, 0.25) is 0 Å². The van der Waals surface area contributed by atoms with Crippen molar-refractivity contribution in [1.82, 2.24) is 4.90 Å². The van der Waals surface area contributed by atoms with Crippen molar-refractivity contribution in [2.75, 3.05) is 12.8 Å². The number of nitrogen functional groups attached to an aromatic ring is 1. The van der Waals surface area contributed by atoms with Gasteiger partial charge in [0.05, 0.1) is 16.3 Å². The predicted octanol–water partition coefficient (Wildman–Crippen LogP) is 3.26. The zero-order chi connectivity index (χ0) is 13.1. The summed E-state index contributed by atoms with van der Waals surface area (Å²) in [6.07, 6.45) is 0. The van der Waals surface area contributed by atoms with Crippen molar-refractivity contribution in [1.29, 1.82) is 0 Å². The summed E-state index contributed by atoms with van der Waals surface area (Å²) < 4.78 is 0. The molecule has 0 fully saturated rings. The maximum absolute atomic E-state index is 12.2. The Morgan fingerprint density at radius 1 is 1.44 bits per heavy atom. The van der Waals surface area contributed by atoms with Crippen molar-refractivity contribution < 1.29 is 4.79 Å². The highest BCUT2D eigenvalue weighted by Gasteiger charge is 2.16. The van der Waals surface area contributed by atoms with Gasteiger partial charge in [-0.05, 0) is 34.5 Å². The summed E-state index contributed by atoms with van der Waals surface area (Å²) in [5.41, 5.74) is 7.70. The van der Waals surface area contributed by atoms with Gasteiger partial charge in [-0.25, -0.2) is 0 Å². The zero-order valence-electron chi connectivity index (χ0n) is 9.89. The Morgan fingerprint density at radius 3 is 2.89 bits per heavy atom. The molecule has 0 unspecified atom stereocenters. The fraction of sp³-hybridized carbons (Fsp3) is 0.154. The summed E-state index contributed by atoms with van der Waals surface area (Å²) in [6, 6.07) is 7.08. The summed E-state index contributed by atoms with van der Waals surface area (Å²) in [5, 5.41) is 4.41. The van der Waals surface area contributed by atoms with Crippen LogP contribution >= 0.6 is 22.9 Å². The molecule has 0 radical (unpaired) electrons. The largest absolute Gasteiger partial charge is 0.397 e. The highest BCUT2D eigenvalue weighted by Crippen LogP contribution is 2.23. The van der Waals surface area contributed by atoms with Crippen LogP contribution in [0.15, 0.2) is 35.0 Å². The molecule has 0 aliphatic carbocycles. The first-order valence-corrected chi connectivity index (χ1v) is 6.72. The molecule has 2 rings (SSSR count). The number of nitrogens with zero attached hydrogens (tertiary/aromatic N) is 1. The van der Waals surface area contributed by atoms with E-state index in [9.17, 15) is 4.79 Å². The molecule has 0 atom stereocenters. The Bertz CT molecular complexity index is 554. The van der Waals surface area contributed by atoms with E-state index < -0.39 is 0 Å². The monoisotopic (exact) mass is 280 g/mol. The second-order valence-electron chi connectivity index (χ2n) is 3.99. The topological polar surface area (TPSA) is 46.3 Å². The van der Waals surface area contributed by atoms with Crippen LogP contribution in [0.1, 0.15) is 15.9 Å². The maximum Gasteiger partial charge on any atom is 0.256 e. The first-order valence-electron chi connectivity index (χ1n) is 5.40. The van der Waals surface area contributed by atoms with Crippen molar-refractivity contribution in [2.45, 2.75) is 6.54 Å². The smallest absolute Gasteiger partial charge is 0.256 e. The minimum atomic E-state index is -0.124. The molecule has 0 saturated heterocycles. The third-order valence-electron chi connectivity index (χ3n) is 2.63. The molecule has 1 amide bonds. The Balaban J connectivity index is 2.18. The van der Waals surface area contributed by atoms with Gasteiger partial charge in [-0.15, -0.1) is 0 Å². The van der Waals surface area contributed by atoms with Gasteiger partial charge in [0.1, 0.15) is 0 Å². The Kier molecular flexibility index (Phi) is 3.89. The lowest BCUT2D eigenvalue weighted by molar-refractivity contribution is 0.0786. The Labute approximate surface area is 115 Å². The average molecular weight is 281 g/mol. The lowest BCUT2D eigenvalue weighted by atomic mass is 10.1.